The van der Waals surface area contributed by atoms with Crippen molar-refractivity contribution < 1.29 is 19.1 Å². The van der Waals surface area contributed by atoms with Gasteiger partial charge in [0.15, 0.2) is 12.4 Å². The molecule has 0 atom stereocenters. The second-order valence-corrected chi connectivity index (χ2v) is 9.33. The first-order valence-corrected chi connectivity index (χ1v) is 11.2. The highest BCUT2D eigenvalue weighted by atomic mass is 35.5. The van der Waals surface area contributed by atoms with Crippen molar-refractivity contribution in [3.8, 4) is 11.5 Å². The zero-order valence-corrected chi connectivity index (χ0v) is 19.0. The lowest BCUT2D eigenvalue weighted by Gasteiger charge is -2.43. The van der Waals surface area contributed by atoms with Crippen LogP contribution in [0.4, 0.5) is 0 Å². The van der Waals surface area contributed by atoms with Crippen molar-refractivity contribution in [3.05, 3.63) is 58.1 Å². The second kappa shape index (κ2) is 8.54. The number of aryl methyl sites for hydroxylation is 1. The number of halogens is 1. The Morgan fingerprint density at radius 2 is 1.94 bits per heavy atom. The molecule has 1 fully saturated rings. The third-order valence-electron chi connectivity index (χ3n) is 6.22. The van der Waals surface area contributed by atoms with Gasteiger partial charge >= 0.3 is 0 Å². The molecule has 1 spiro atoms. The first-order chi connectivity index (χ1) is 14.8. The van der Waals surface area contributed by atoms with Crippen molar-refractivity contribution in [2.45, 2.75) is 51.6 Å². The number of likely N-dealkylation sites (tertiary alicyclic amines) is 1. The molecule has 4 rings (SSSR count). The number of carbonyl (C=O) groups excluding carboxylic acids is 2. The van der Waals surface area contributed by atoms with Crippen LogP contribution in [0.1, 0.15) is 60.5 Å². The average molecular weight is 442 g/mol. The molecule has 2 heterocycles. The number of rotatable bonds is 4. The molecule has 0 radical (unpaired) electrons. The molecule has 0 saturated carbocycles. The topological polar surface area (TPSA) is 55.8 Å². The summed E-state index contributed by atoms with van der Waals surface area (Å²) in [5, 5.41) is 0.529. The fourth-order valence-electron chi connectivity index (χ4n) is 4.38. The molecule has 6 heteroatoms. The molecule has 2 aromatic carbocycles. The third kappa shape index (κ3) is 4.57. The van der Waals surface area contributed by atoms with Crippen LogP contribution in [0.25, 0.3) is 0 Å². The molecule has 2 aromatic rings. The van der Waals surface area contributed by atoms with Gasteiger partial charge in [-0.3, -0.25) is 9.59 Å². The number of fused-ring (bicyclic) bond motifs is 1. The van der Waals surface area contributed by atoms with Gasteiger partial charge in [0, 0.05) is 31.0 Å². The fourth-order valence-corrected chi connectivity index (χ4v) is 4.56. The van der Waals surface area contributed by atoms with Crippen LogP contribution in [0.5, 0.6) is 11.5 Å². The fraction of sp³-hybridized carbons (Fsp3) is 0.440. The van der Waals surface area contributed by atoms with Crippen LogP contribution in [0.3, 0.4) is 0 Å². The summed E-state index contributed by atoms with van der Waals surface area (Å²) in [7, 11) is 0. The number of benzene rings is 2. The first kappa shape index (κ1) is 21.7. The quantitative estimate of drug-likeness (QED) is 0.656. The van der Waals surface area contributed by atoms with Crippen LogP contribution >= 0.6 is 11.6 Å². The van der Waals surface area contributed by atoms with Crippen LogP contribution < -0.4 is 9.47 Å². The van der Waals surface area contributed by atoms with Crippen molar-refractivity contribution in [3.63, 3.8) is 0 Å². The first-order valence-electron chi connectivity index (χ1n) is 10.8. The van der Waals surface area contributed by atoms with E-state index in [0.29, 0.717) is 54.6 Å². The monoisotopic (exact) mass is 441 g/mol. The number of Topliss-reactive ketones (excluding diaryl/α,β-unsaturated/α-hetero) is 1. The molecule has 1 amide bonds. The van der Waals surface area contributed by atoms with Crippen molar-refractivity contribution in [2.24, 2.45) is 0 Å². The summed E-state index contributed by atoms with van der Waals surface area (Å²) in [6, 6.07) is 11.3. The molecule has 2 aliphatic heterocycles. The Bertz CT molecular complexity index is 1010. The van der Waals surface area contributed by atoms with Crippen molar-refractivity contribution in [1.29, 1.82) is 0 Å². The van der Waals surface area contributed by atoms with Gasteiger partial charge in [0.2, 0.25) is 0 Å². The van der Waals surface area contributed by atoms with E-state index in [0.717, 1.165) is 16.9 Å². The highest BCUT2D eigenvalue weighted by Gasteiger charge is 2.43. The zero-order chi connectivity index (χ0) is 22.2. The predicted molar refractivity (Wildman–Crippen MR) is 120 cm³/mol. The number of ether oxygens (including phenoxy) is 2. The molecule has 1 saturated heterocycles. The van der Waals surface area contributed by atoms with Crippen molar-refractivity contribution in [2.75, 3.05) is 19.7 Å². The Balaban J connectivity index is 1.37. The van der Waals surface area contributed by atoms with Gasteiger partial charge in [-0.05, 0) is 48.2 Å². The molecule has 2 aliphatic rings. The van der Waals surface area contributed by atoms with Gasteiger partial charge in [0.1, 0.15) is 17.1 Å². The van der Waals surface area contributed by atoms with Gasteiger partial charge in [-0.15, -0.1) is 0 Å². The Labute approximate surface area is 188 Å². The number of ketones is 1. The van der Waals surface area contributed by atoms with E-state index < -0.39 is 5.60 Å². The Morgan fingerprint density at radius 1 is 1.19 bits per heavy atom. The number of hydrogen-bond acceptors (Lipinski definition) is 4. The van der Waals surface area contributed by atoms with Crippen LogP contribution in [0.15, 0.2) is 36.4 Å². The van der Waals surface area contributed by atoms with Crippen molar-refractivity contribution in [1.82, 2.24) is 4.90 Å². The van der Waals surface area contributed by atoms with E-state index >= 15 is 0 Å². The van der Waals surface area contributed by atoms with Gasteiger partial charge in [-0.25, -0.2) is 0 Å². The normalized spacial score (nSPS) is 17.5. The van der Waals surface area contributed by atoms with E-state index in [1.165, 1.54) is 0 Å². The van der Waals surface area contributed by atoms with E-state index in [1.807, 2.05) is 13.0 Å². The van der Waals surface area contributed by atoms with Gasteiger partial charge in [0.25, 0.3) is 5.91 Å². The van der Waals surface area contributed by atoms with E-state index in [-0.39, 0.29) is 18.3 Å². The van der Waals surface area contributed by atoms with E-state index in [1.54, 1.807) is 23.1 Å². The van der Waals surface area contributed by atoms with Crippen LogP contribution in [-0.4, -0.2) is 41.9 Å². The van der Waals surface area contributed by atoms with E-state index in [2.05, 4.69) is 26.0 Å². The summed E-state index contributed by atoms with van der Waals surface area (Å²) < 4.78 is 12.2. The summed E-state index contributed by atoms with van der Waals surface area (Å²) in [6.45, 7) is 7.34. The molecule has 164 valence electrons. The van der Waals surface area contributed by atoms with Crippen LogP contribution in [0.2, 0.25) is 5.02 Å². The molecular weight excluding hydrogens is 414 g/mol. The van der Waals surface area contributed by atoms with E-state index in [9.17, 15) is 9.59 Å². The van der Waals surface area contributed by atoms with Crippen LogP contribution in [-0.2, 0) is 4.79 Å². The highest BCUT2D eigenvalue weighted by Crippen LogP contribution is 2.40. The Kier molecular flexibility index (Phi) is 5.98. The van der Waals surface area contributed by atoms with Crippen molar-refractivity contribution >= 4 is 23.3 Å². The molecule has 0 bridgehead atoms. The molecule has 31 heavy (non-hydrogen) atoms. The largest absolute Gasteiger partial charge is 0.486 e. The number of hydrogen-bond donors (Lipinski definition) is 0. The minimum Gasteiger partial charge on any atom is -0.486 e. The predicted octanol–water partition coefficient (Wildman–Crippen LogP) is 5.18. The maximum absolute atomic E-state index is 12.8. The lowest BCUT2D eigenvalue weighted by Crippen LogP contribution is -2.53. The number of nitrogens with zero attached hydrogens (tertiary/aromatic N) is 1. The molecule has 0 aliphatic carbocycles. The molecule has 0 unspecified atom stereocenters. The average Bonchev–Trinajstić information content (AvgIpc) is 2.73. The molecule has 0 N–H and O–H groups in total. The van der Waals surface area contributed by atoms with Gasteiger partial charge in [0.05, 0.1) is 12.0 Å². The summed E-state index contributed by atoms with van der Waals surface area (Å²) in [5.41, 5.74) is 2.21. The Hall–Kier alpha value is -2.53. The Morgan fingerprint density at radius 3 is 2.65 bits per heavy atom. The van der Waals surface area contributed by atoms with E-state index in [4.69, 9.17) is 21.1 Å². The highest BCUT2D eigenvalue weighted by molar-refractivity contribution is 6.31. The molecule has 0 aromatic heterocycles. The van der Waals surface area contributed by atoms with Gasteiger partial charge in [-0.1, -0.05) is 37.6 Å². The minimum atomic E-state index is -0.545. The maximum Gasteiger partial charge on any atom is 0.260 e. The standard InChI is InChI=1S/C25H28ClNO4/c1-16(2)19-6-4-17(3)12-23(19)30-15-24(29)27-10-8-25(9-11-27)14-21(28)20-13-18(26)5-7-22(20)31-25/h4-7,12-13,16H,8-11,14-15H2,1-3H3. The number of piperidine rings is 1. The summed E-state index contributed by atoms with van der Waals surface area (Å²) in [5.74, 6) is 1.69. The summed E-state index contributed by atoms with van der Waals surface area (Å²) in [4.78, 5) is 27.3. The minimum absolute atomic E-state index is 0.0112. The SMILES string of the molecule is Cc1ccc(C(C)C)c(OCC(=O)N2CCC3(CC2)CC(=O)c2cc(Cl)ccc2O3)c1. The molecular formula is C25H28ClNO4. The second-order valence-electron chi connectivity index (χ2n) is 8.89. The lowest BCUT2D eigenvalue weighted by molar-refractivity contribution is -0.136. The maximum atomic E-state index is 12.8. The number of carbonyl (C=O) groups is 2. The molecule has 5 nitrogen and oxygen atoms in total. The smallest absolute Gasteiger partial charge is 0.260 e. The number of amides is 1. The zero-order valence-electron chi connectivity index (χ0n) is 18.2. The van der Waals surface area contributed by atoms with Crippen LogP contribution in [0, 0.1) is 6.92 Å². The van der Waals surface area contributed by atoms with Gasteiger partial charge < -0.3 is 14.4 Å². The van der Waals surface area contributed by atoms with Gasteiger partial charge in [-0.2, -0.15) is 0 Å². The third-order valence-corrected chi connectivity index (χ3v) is 6.46. The summed E-state index contributed by atoms with van der Waals surface area (Å²) in [6.07, 6.45) is 1.56. The lowest BCUT2D eigenvalue weighted by atomic mass is 9.82. The summed E-state index contributed by atoms with van der Waals surface area (Å²) >= 11 is 6.02.